The molecule has 2 atom stereocenters. The molecular formula is C23H23F3N4O3. The fourth-order valence-corrected chi connectivity index (χ4v) is 3.79. The summed E-state index contributed by atoms with van der Waals surface area (Å²) in [5.74, 6) is 0.00224. The predicted octanol–water partition coefficient (Wildman–Crippen LogP) is 3.72. The first-order chi connectivity index (χ1) is 15.7. The molecule has 0 aliphatic carbocycles. The van der Waals surface area contributed by atoms with Crippen molar-refractivity contribution in [2.45, 2.75) is 37.6 Å². The Morgan fingerprint density at radius 1 is 1.12 bits per heavy atom. The Labute approximate surface area is 188 Å². The zero-order valence-corrected chi connectivity index (χ0v) is 17.9. The summed E-state index contributed by atoms with van der Waals surface area (Å²) in [6.07, 6.45) is -0.850. The summed E-state index contributed by atoms with van der Waals surface area (Å²) in [5, 5.41) is 18.2. The summed E-state index contributed by atoms with van der Waals surface area (Å²) < 4.78 is 45.5. The van der Waals surface area contributed by atoms with Crippen molar-refractivity contribution in [3.8, 4) is 11.4 Å². The van der Waals surface area contributed by atoms with Gasteiger partial charge in [0.1, 0.15) is 11.9 Å². The average Bonchev–Trinajstić information content (AvgIpc) is 3.33. The number of aromatic nitrogens is 3. The molecule has 1 aliphatic rings. The van der Waals surface area contributed by atoms with Crippen LogP contribution in [-0.4, -0.2) is 56.3 Å². The van der Waals surface area contributed by atoms with Gasteiger partial charge in [0.05, 0.1) is 30.2 Å². The Bertz CT molecular complexity index is 1120. The monoisotopic (exact) mass is 460 g/mol. The van der Waals surface area contributed by atoms with Crippen LogP contribution in [0, 0.1) is 0 Å². The van der Waals surface area contributed by atoms with E-state index in [9.17, 15) is 23.1 Å². The number of benzene rings is 2. The summed E-state index contributed by atoms with van der Waals surface area (Å²) in [4.78, 5) is 16.3. The van der Waals surface area contributed by atoms with Gasteiger partial charge in [-0.3, -0.25) is 4.79 Å². The third-order valence-corrected chi connectivity index (χ3v) is 5.68. The second-order valence-electron chi connectivity index (χ2n) is 8.07. The molecule has 1 amide bonds. The summed E-state index contributed by atoms with van der Waals surface area (Å²) in [7, 11) is 0. The Kier molecular flexibility index (Phi) is 6.11. The first-order valence-corrected chi connectivity index (χ1v) is 10.5. The number of hydrogen-bond donors (Lipinski definition) is 1. The molecule has 4 rings (SSSR count). The number of alkyl halides is 3. The molecular weight excluding hydrogens is 437 g/mol. The summed E-state index contributed by atoms with van der Waals surface area (Å²) in [6, 6.07) is 12.3. The number of halogens is 3. The highest BCUT2D eigenvalue weighted by atomic mass is 19.4. The van der Waals surface area contributed by atoms with Crippen LogP contribution < -0.4 is 4.74 Å². The minimum Gasteiger partial charge on any atom is -0.489 e. The largest absolute Gasteiger partial charge is 0.489 e. The number of carbonyl (C=O) groups excluding carboxylic acids is 1. The van der Waals surface area contributed by atoms with E-state index in [4.69, 9.17) is 4.74 Å². The number of likely N-dealkylation sites (tertiary alicyclic amines) is 1. The van der Waals surface area contributed by atoms with Crippen LogP contribution in [0.4, 0.5) is 13.2 Å². The fourth-order valence-electron chi connectivity index (χ4n) is 3.79. The van der Waals surface area contributed by atoms with Crippen LogP contribution in [0.25, 0.3) is 5.69 Å². The van der Waals surface area contributed by atoms with E-state index in [2.05, 4.69) is 10.2 Å². The first-order valence-electron chi connectivity index (χ1n) is 10.5. The van der Waals surface area contributed by atoms with Gasteiger partial charge in [-0.2, -0.15) is 28.2 Å². The van der Waals surface area contributed by atoms with Crippen molar-refractivity contribution in [1.82, 2.24) is 19.9 Å². The lowest BCUT2D eigenvalue weighted by Crippen LogP contribution is -2.44. The van der Waals surface area contributed by atoms with Crippen molar-refractivity contribution >= 4 is 5.91 Å². The van der Waals surface area contributed by atoms with Crippen LogP contribution in [0.3, 0.4) is 0 Å². The van der Waals surface area contributed by atoms with Gasteiger partial charge in [0.2, 0.25) is 0 Å². The van der Waals surface area contributed by atoms with Gasteiger partial charge in [-0.15, -0.1) is 0 Å². The van der Waals surface area contributed by atoms with Crippen LogP contribution in [0.1, 0.15) is 35.7 Å². The van der Waals surface area contributed by atoms with E-state index in [1.807, 2.05) is 0 Å². The van der Waals surface area contributed by atoms with Crippen LogP contribution in [-0.2, 0) is 5.60 Å². The SMILES string of the molecule is CC(O)(c1cccc(O[C@@H]2CCCN(C(=O)c3ccccc3-n3nccn3)C2)c1)C(F)(F)F. The number of hydrogen-bond acceptors (Lipinski definition) is 5. The molecule has 0 saturated carbocycles. The number of carbonyl (C=O) groups is 1. The molecule has 1 aliphatic heterocycles. The van der Waals surface area contributed by atoms with Gasteiger partial charge in [-0.05, 0) is 49.6 Å². The molecule has 174 valence electrons. The van der Waals surface area contributed by atoms with E-state index in [0.717, 1.165) is 0 Å². The molecule has 3 aromatic rings. The Hall–Kier alpha value is -3.40. The zero-order valence-electron chi connectivity index (χ0n) is 17.9. The lowest BCUT2D eigenvalue weighted by molar-refractivity contribution is -0.258. The van der Waals surface area contributed by atoms with Crippen LogP contribution in [0.15, 0.2) is 60.9 Å². The zero-order chi connectivity index (χ0) is 23.6. The normalized spacial score (nSPS) is 18.6. The van der Waals surface area contributed by atoms with Crippen molar-refractivity contribution in [3.05, 3.63) is 72.1 Å². The standard InChI is InChI=1S/C23H23F3N4O3/c1-22(32,23(24,25)26)16-6-4-7-17(14-16)33-18-8-5-13-29(15-18)21(31)19-9-2-3-10-20(19)30-27-11-12-28-30/h2-4,6-7,9-12,14,18,32H,5,8,13,15H2,1H3/t18-,22?/m1/s1. The van der Waals surface area contributed by atoms with Gasteiger partial charge in [-0.1, -0.05) is 24.3 Å². The molecule has 0 radical (unpaired) electrons. The summed E-state index contributed by atoms with van der Waals surface area (Å²) in [6.45, 7) is 1.51. The number of amides is 1. The van der Waals surface area contributed by atoms with Crippen molar-refractivity contribution in [1.29, 1.82) is 0 Å². The molecule has 0 spiro atoms. The third kappa shape index (κ3) is 4.70. The maximum Gasteiger partial charge on any atom is 0.421 e. The minimum absolute atomic E-state index is 0.204. The Balaban J connectivity index is 1.50. The average molecular weight is 460 g/mol. The van der Waals surface area contributed by atoms with Gasteiger partial charge in [0, 0.05) is 6.54 Å². The predicted molar refractivity (Wildman–Crippen MR) is 113 cm³/mol. The van der Waals surface area contributed by atoms with Gasteiger partial charge >= 0.3 is 6.18 Å². The molecule has 1 saturated heterocycles. The second kappa shape index (κ2) is 8.86. The van der Waals surface area contributed by atoms with Crippen molar-refractivity contribution in [2.24, 2.45) is 0 Å². The van der Waals surface area contributed by atoms with Gasteiger partial charge in [-0.25, -0.2) is 0 Å². The molecule has 33 heavy (non-hydrogen) atoms. The minimum atomic E-state index is -4.82. The van der Waals surface area contributed by atoms with E-state index < -0.39 is 17.9 Å². The number of piperidine rings is 1. The molecule has 2 aromatic carbocycles. The van der Waals surface area contributed by atoms with E-state index in [0.29, 0.717) is 37.6 Å². The number of para-hydroxylation sites is 1. The highest BCUT2D eigenvalue weighted by molar-refractivity contribution is 5.97. The van der Waals surface area contributed by atoms with Crippen molar-refractivity contribution in [2.75, 3.05) is 13.1 Å². The van der Waals surface area contributed by atoms with E-state index >= 15 is 0 Å². The van der Waals surface area contributed by atoms with Gasteiger partial charge in [0.25, 0.3) is 5.91 Å². The van der Waals surface area contributed by atoms with E-state index in [1.165, 1.54) is 41.5 Å². The van der Waals surface area contributed by atoms with Crippen LogP contribution in [0.2, 0.25) is 0 Å². The summed E-state index contributed by atoms with van der Waals surface area (Å²) >= 11 is 0. The smallest absolute Gasteiger partial charge is 0.421 e. The maximum atomic E-state index is 13.3. The molecule has 1 aromatic heterocycles. The first kappa shape index (κ1) is 22.8. The van der Waals surface area contributed by atoms with Gasteiger partial charge < -0.3 is 14.7 Å². The number of aliphatic hydroxyl groups is 1. The van der Waals surface area contributed by atoms with E-state index in [-0.39, 0.29) is 23.8 Å². The topological polar surface area (TPSA) is 80.5 Å². The Morgan fingerprint density at radius 3 is 2.58 bits per heavy atom. The van der Waals surface area contributed by atoms with Gasteiger partial charge in [0.15, 0.2) is 5.60 Å². The van der Waals surface area contributed by atoms with Crippen molar-refractivity contribution < 1.29 is 27.8 Å². The third-order valence-electron chi connectivity index (χ3n) is 5.68. The summed E-state index contributed by atoms with van der Waals surface area (Å²) in [5.41, 5.74) is -2.31. The van der Waals surface area contributed by atoms with E-state index in [1.54, 1.807) is 29.2 Å². The van der Waals surface area contributed by atoms with Crippen LogP contribution >= 0.6 is 0 Å². The second-order valence-corrected chi connectivity index (χ2v) is 8.07. The molecule has 1 N–H and O–H groups in total. The molecule has 2 heterocycles. The lowest BCUT2D eigenvalue weighted by Gasteiger charge is -2.33. The quantitative estimate of drug-likeness (QED) is 0.628. The fraction of sp³-hybridized carbons (Fsp3) is 0.348. The number of ether oxygens (including phenoxy) is 1. The molecule has 10 heteroatoms. The van der Waals surface area contributed by atoms with Crippen molar-refractivity contribution in [3.63, 3.8) is 0 Å². The molecule has 7 nitrogen and oxygen atoms in total. The molecule has 1 unspecified atom stereocenters. The molecule has 0 bridgehead atoms. The highest BCUT2D eigenvalue weighted by Gasteiger charge is 2.51. The number of rotatable bonds is 5. The molecule has 1 fully saturated rings. The highest BCUT2D eigenvalue weighted by Crippen LogP contribution is 2.39. The van der Waals surface area contributed by atoms with Crippen LogP contribution in [0.5, 0.6) is 5.75 Å². The lowest BCUT2D eigenvalue weighted by atomic mass is 9.95. The number of nitrogens with zero attached hydrogens (tertiary/aromatic N) is 4. The maximum absolute atomic E-state index is 13.3. The Morgan fingerprint density at radius 2 is 1.85 bits per heavy atom.